The first-order valence-corrected chi connectivity index (χ1v) is 5.37. The fourth-order valence-corrected chi connectivity index (χ4v) is 1.36. The predicted octanol–water partition coefficient (Wildman–Crippen LogP) is 1.02. The number of hydrogen-bond acceptors (Lipinski definition) is 4. The van der Waals surface area contributed by atoms with Crippen molar-refractivity contribution in [3.05, 3.63) is 54.7 Å². The molecule has 1 heterocycles. The van der Waals surface area contributed by atoms with Crippen LogP contribution in [0.4, 0.5) is 10.6 Å². The summed E-state index contributed by atoms with van der Waals surface area (Å²) < 4.78 is 4.81. The summed E-state index contributed by atoms with van der Waals surface area (Å²) in [5.74, 6) is 0.364. The molecule has 18 heavy (non-hydrogen) atoms. The van der Waals surface area contributed by atoms with E-state index in [9.17, 15) is 9.82 Å². The molecule has 0 aliphatic carbocycles. The van der Waals surface area contributed by atoms with Gasteiger partial charge in [-0.05, 0) is 17.6 Å². The number of carbonyl (C=O) groups is 1. The molecule has 1 aromatic heterocycles. The molecule has 0 atom stereocenters. The number of hydrogen-bond donors (Lipinski definition) is 2. The van der Waals surface area contributed by atoms with Crippen molar-refractivity contribution < 1.29 is 14.5 Å². The van der Waals surface area contributed by atoms with E-state index in [2.05, 4.69) is 10.3 Å². The van der Waals surface area contributed by atoms with Gasteiger partial charge in [0.2, 0.25) is 0 Å². The summed E-state index contributed by atoms with van der Waals surface area (Å²) in [6.07, 6.45) is 0.786. The van der Waals surface area contributed by atoms with Crippen LogP contribution in [0.15, 0.2) is 54.7 Å². The van der Waals surface area contributed by atoms with Gasteiger partial charge in [0.05, 0.1) is 0 Å². The fraction of sp³-hybridized carbons (Fsp3) is 0. The van der Waals surface area contributed by atoms with Gasteiger partial charge in [-0.3, -0.25) is 5.32 Å². The molecule has 0 saturated carbocycles. The van der Waals surface area contributed by atoms with Crippen LogP contribution in [0.3, 0.4) is 0 Å². The number of pyridine rings is 1. The van der Waals surface area contributed by atoms with Gasteiger partial charge in [-0.2, -0.15) is 0 Å². The Kier molecular flexibility index (Phi) is 3.93. The summed E-state index contributed by atoms with van der Waals surface area (Å²) in [6, 6.07) is 13.7. The monoisotopic (exact) mass is 242 g/mol. The van der Waals surface area contributed by atoms with Gasteiger partial charge in [0.25, 0.3) is 0 Å². The van der Waals surface area contributed by atoms with Gasteiger partial charge in [-0.1, -0.05) is 36.4 Å². The quantitative estimate of drug-likeness (QED) is 0.788. The second-order valence-electron chi connectivity index (χ2n) is 3.51. The molecule has 2 aromatic rings. The Hall–Kier alpha value is -2.34. The maximum absolute atomic E-state index is 11.5. The summed E-state index contributed by atoms with van der Waals surface area (Å²) in [5.41, 5.74) is 0.508. The second-order valence-corrected chi connectivity index (χ2v) is 3.51. The van der Waals surface area contributed by atoms with Crippen molar-refractivity contribution in [2.24, 2.45) is 0 Å². The van der Waals surface area contributed by atoms with Crippen LogP contribution in [0.5, 0.6) is 0 Å². The average Bonchev–Trinajstić information content (AvgIpc) is 2.40. The fourth-order valence-electron chi connectivity index (χ4n) is 1.36. The predicted molar refractivity (Wildman–Crippen MR) is 68.4 cm³/mol. The van der Waals surface area contributed by atoms with Crippen LogP contribution in [0.2, 0.25) is 0 Å². The molecule has 0 aliphatic rings. The Morgan fingerprint density at radius 3 is 2.56 bits per heavy atom. The smallest absolute Gasteiger partial charge is 0.489 e. The molecule has 0 spiro atoms. The highest BCUT2D eigenvalue weighted by Gasteiger charge is 2.21. The first-order valence-electron chi connectivity index (χ1n) is 5.37. The molecule has 5 nitrogen and oxygen atoms in total. The van der Waals surface area contributed by atoms with Crippen LogP contribution in [-0.2, 0) is 4.65 Å². The van der Waals surface area contributed by atoms with E-state index in [1.165, 1.54) is 0 Å². The third-order valence-electron chi connectivity index (χ3n) is 2.20. The molecule has 1 aromatic carbocycles. The van der Waals surface area contributed by atoms with E-state index in [0.717, 1.165) is 0 Å². The van der Waals surface area contributed by atoms with Gasteiger partial charge in [0, 0.05) is 6.20 Å². The number of benzene rings is 1. The SMILES string of the molecule is O=C(Nc1ccccn1)OB(O)c1ccccc1. The van der Waals surface area contributed by atoms with E-state index in [-0.39, 0.29) is 0 Å². The Morgan fingerprint density at radius 2 is 1.89 bits per heavy atom. The molecule has 0 aliphatic heterocycles. The lowest BCUT2D eigenvalue weighted by atomic mass is 9.80. The largest absolute Gasteiger partial charge is 0.563 e. The molecule has 2 rings (SSSR count). The van der Waals surface area contributed by atoms with E-state index in [0.29, 0.717) is 11.3 Å². The lowest BCUT2D eigenvalue weighted by molar-refractivity contribution is 0.208. The van der Waals surface area contributed by atoms with Crippen LogP contribution in [0, 0.1) is 0 Å². The highest BCUT2D eigenvalue weighted by molar-refractivity contribution is 6.61. The van der Waals surface area contributed by atoms with Crippen LogP contribution in [-0.4, -0.2) is 23.2 Å². The van der Waals surface area contributed by atoms with Crippen LogP contribution in [0.25, 0.3) is 0 Å². The minimum Gasteiger partial charge on any atom is -0.489 e. The zero-order chi connectivity index (χ0) is 12.8. The zero-order valence-corrected chi connectivity index (χ0v) is 9.48. The van der Waals surface area contributed by atoms with Crippen LogP contribution < -0.4 is 10.8 Å². The summed E-state index contributed by atoms with van der Waals surface area (Å²) in [6.45, 7) is 0. The average molecular weight is 242 g/mol. The van der Waals surface area contributed by atoms with Crippen molar-refractivity contribution in [1.29, 1.82) is 0 Å². The zero-order valence-electron chi connectivity index (χ0n) is 9.48. The van der Waals surface area contributed by atoms with Gasteiger partial charge in [-0.25, -0.2) is 9.78 Å². The number of aromatic nitrogens is 1. The molecule has 2 N–H and O–H groups in total. The molecule has 0 radical (unpaired) electrons. The van der Waals surface area contributed by atoms with E-state index in [1.807, 2.05) is 6.07 Å². The van der Waals surface area contributed by atoms with E-state index < -0.39 is 13.2 Å². The first-order chi connectivity index (χ1) is 8.75. The van der Waals surface area contributed by atoms with E-state index in [4.69, 9.17) is 4.65 Å². The minimum atomic E-state index is -1.30. The molecular formula is C12H11BN2O3. The highest BCUT2D eigenvalue weighted by Crippen LogP contribution is 2.00. The Balaban J connectivity index is 1.92. The highest BCUT2D eigenvalue weighted by atomic mass is 16.6. The maximum Gasteiger partial charge on any atom is 0.563 e. The Morgan fingerprint density at radius 1 is 1.17 bits per heavy atom. The number of anilines is 1. The van der Waals surface area contributed by atoms with Gasteiger partial charge in [-0.15, -0.1) is 0 Å². The second kappa shape index (κ2) is 5.83. The lowest BCUT2D eigenvalue weighted by Crippen LogP contribution is -2.37. The summed E-state index contributed by atoms with van der Waals surface area (Å²) >= 11 is 0. The van der Waals surface area contributed by atoms with Crippen molar-refractivity contribution in [2.75, 3.05) is 5.32 Å². The first kappa shape index (κ1) is 12.1. The molecule has 6 heteroatoms. The van der Waals surface area contributed by atoms with E-state index >= 15 is 0 Å². The molecule has 0 unspecified atom stereocenters. The van der Waals surface area contributed by atoms with Gasteiger partial charge < -0.3 is 9.68 Å². The summed E-state index contributed by atoms with van der Waals surface area (Å²) in [7, 11) is -1.30. The normalized spacial score (nSPS) is 9.61. The molecule has 90 valence electrons. The standard InChI is InChI=1S/C12H11BN2O3/c16-12(15-11-8-4-5-9-14-11)18-13(17)10-6-2-1-3-7-10/h1-9,17H,(H,14,15,16). The third kappa shape index (κ3) is 3.33. The van der Waals surface area contributed by atoms with Crippen LogP contribution in [0.1, 0.15) is 0 Å². The molecule has 0 fully saturated rings. The number of nitrogens with one attached hydrogen (secondary N) is 1. The lowest BCUT2D eigenvalue weighted by Gasteiger charge is -2.09. The number of nitrogens with zero attached hydrogens (tertiary/aromatic N) is 1. The Labute approximate surface area is 105 Å². The topological polar surface area (TPSA) is 71.5 Å². The van der Waals surface area contributed by atoms with Crippen molar-refractivity contribution in [1.82, 2.24) is 4.98 Å². The summed E-state index contributed by atoms with van der Waals surface area (Å²) in [4.78, 5) is 15.4. The van der Waals surface area contributed by atoms with E-state index in [1.54, 1.807) is 48.7 Å². The minimum absolute atomic E-state index is 0.364. The van der Waals surface area contributed by atoms with Crippen molar-refractivity contribution in [3.8, 4) is 0 Å². The third-order valence-corrected chi connectivity index (χ3v) is 2.20. The van der Waals surface area contributed by atoms with Gasteiger partial charge in [0.15, 0.2) is 0 Å². The summed E-state index contributed by atoms with van der Waals surface area (Å²) in [5, 5.41) is 12.1. The van der Waals surface area contributed by atoms with Crippen molar-refractivity contribution in [3.63, 3.8) is 0 Å². The number of amides is 1. The maximum atomic E-state index is 11.5. The number of carbonyl (C=O) groups excluding carboxylic acids is 1. The van der Waals surface area contributed by atoms with Crippen molar-refractivity contribution >= 4 is 24.5 Å². The van der Waals surface area contributed by atoms with Crippen molar-refractivity contribution in [2.45, 2.75) is 0 Å². The Bertz CT molecular complexity index is 507. The molecular weight excluding hydrogens is 231 g/mol. The molecule has 0 saturated heterocycles. The van der Waals surface area contributed by atoms with Crippen LogP contribution >= 0.6 is 0 Å². The molecule has 1 amide bonds. The number of rotatable bonds is 3. The molecule has 0 bridgehead atoms. The van der Waals surface area contributed by atoms with Gasteiger partial charge in [0.1, 0.15) is 5.82 Å². The van der Waals surface area contributed by atoms with Gasteiger partial charge >= 0.3 is 13.2 Å².